The highest BCUT2D eigenvalue weighted by Gasteiger charge is 2.37. The van der Waals surface area contributed by atoms with E-state index in [2.05, 4.69) is 0 Å². The van der Waals surface area contributed by atoms with Gasteiger partial charge in [-0.25, -0.2) is 8.42 Å². The lowest BCUT2D eigenvalue weighted by Crippen LogP contribution is -2.24. The summed E-state index contributed by atoms with van der Waals surface area (Å²) in [7, 11) is -3.63. The second kappa shape index (κ2) is 5.38. The van der Waals surface area contributed by atoms with Crippen molar-refractivity contribution in [1.29, 1.82) is 0 Å². The monoisotopic (exact) mass is 346 g/mol. The molecule has 2 nitrogen and oxygen atoms in total. The minimum atomic E-state index is -4.51. The molecule has 2 aromatic rings. The van der Waals surface area contributed by atoms with Gasteiger partial charge in [0.2, 0.25) is 0 Å². The van der Waals surface area contributed by atoms with Crippen LogP contribution in [0.4, 0.5) is 13.2 Å². The van der Waals surface area contributed by atoms with E-state index < -0.39 is 32.6 Å². The standard InChI is InChI=1S/C15H13F3O2S2/c16-15(17,18)14-8-21-7-12(14)9-22(19,20)13-5-10-3-1-2-4-11(10)6-13/h1-4,7-8,13H,5-6,9H2. The Hall–Kier alpha value is -1.34. The van der Waals surface area contributed by atoms with Crippen LogP contribution in [-0.2, 0) is 34.6 Å². The van der Waals surface area contributed by atoms with Gasteiger partial charge in [-0.2, -0.15) is 24.5 Å². The summed E-state index contributed by atoms with van der Waals surface area (Å²) in [5, 5.41) is 1.61. The van der Waals surface area contributed by atoms with Crippen LogP contribution in [0.15, 0.2) is 35.0 Å². The lowest BCUT2D eigenvalue weighted by atomic mass is 10.1. The van der Waals surface area contributed by atoms with Crippen molar-refractivity contribution in [2.24, 2.45) is 0 Å². The molecule has 1 aromatic heterocycles. The maximum absolute atomic E-state index is 12.9. The molecule has 0 fully saturated rings. The molecule has 1 aliphatic rings. The molecule has 1 heterocycles. The fourth-order valence-electron chi connectivity index (χ4n) is 2.79. The van der Waals surface area contributed by atoms with Crippen LogP contribution in [0.2, 0.25) is 0 Å². The predicted octanol–water partition coefficient (Wildman–Crippen LogP) is 3.85. The SMILES string of the molecule is O=S(=O)(Cc1cscc1C(F)(F)F)C1Cc2ccccc2C1. The number of hydrogen-bond donors (Lipinski definition) is 0. The number of rotatable bonds is 3. The molecule has 0 aliphatic heterocycles. The fraction of sp³-hybridized carbons (Fsp3) is 0.333. The molecular weight excluding hydrogens is 333 g/mol. The molecule has 22 heavy (non-hydrogen) atoms. The van der Waals surface area contributed by atoms with E-state index in [1.165, 1.54) is 5.38 Å². The lowest BCUT2D eigenvalue weighted by Gasteiger charge is -2.13. The Labute approximate surface area is 130 Å². The van der Waals surface area contributed by atoms with Crippen LogP contribution < -0.4 is 0 Å². The molecule has 0 N–H and O–H groups in total. The highest BCUT2D eigenvalue weighted by atomic mass is 32.2. The zero-order valence-corrected chi connectivity index (χ0v) is 13.1. The first-order chi connectivity index (χ1) is 10.3. The molecule has 1 aliphatic carbocycles. The van der Waals surface area contributed by atoms with E-state index >= 15 is 0 Å². The van der Waals surface area contributed by atoms with Crippen LogP contribution in [0.25, 0.3) is 0 Å². The first kappa shape index (κ1) is 15.6. The number of hydrogen-bond acceptors (Lipinski definition) is 3. The molecule has 118 valence electrons. The maximum Gasteiger partial charge on any atom is 0.417 e. The zero-order chi connectivity index (χ0) is 16.0. The van der Waals surface area contributed by atoms with Gasteiger partial charge in [0.1, 0.15) is 0 Å². The van der Waals surface area contributed by atoms with E-state index in [0.717, 1.165) is 27.8 Å². The van der Waals surface area contributed by atoms with Crippen molar-refractivity contribution in [2.75, 3.05) is 0 Å². The van der Waals surface area contributed by atoms with Crippen LogP contribution in [0.1, 0.15) is 22.3 Å². The molecule has 0 unspecified atom stereocenters. The van der Waals surface area contributed by atoms with Crippen LogP contribution in [0.3, 0.4) is 0 Å². The lowest BCUT2D eigenvalue weighted by molar-refractivity contribution is -0.137. The number of alkyl halides is 3. The minimum Gasteiger partial charge on any atom is -0.228 e. The van der Waals surface area contributed by atoms with Gasteiger partial charge in [0.25, 0.3) is 0 Å². The summed E-state index contributed by atoms with van der Waals surface area (Å²) in [5.74, 6) is -0.552. The Morgan fingerprint density at radius 3 is 2.23 bits per heavy atom. The Morgan fingerprint density at radius 1 is 1.09 bits per heavy atom. The summed E-state index contributed by atoms with van der Waals surface area (Å²) >= 11 is 0.879. The second-order valence-electron chi connectivity index (χ2n) is 5.41. The van der Waals surface area contributed by atoms with Crippen molar-refractivity contribution in [3.63, 3.8) is 0 Å². The first-order valence-corrected chi connectivity index (χ1v) is 9.34. The minimum absolute atomic E-state index is 0.145. The van der Waals surface area contributed by atoms with E-state index in [9.17, 15) is 21.6 Å². The molecular formula is C15H13F3O2S2. The van der Waals surface area contributed by atoms with Gasteiger partial charge in [0.05, 0.1) is 16.6 Å². The molecule has 1 aromatic carbocycles. The molecule has 0 bridgehead atoms. The first-order valence-electron chi connectivity index (χ1n) is 6.68. The zero-order valence-electron chi connectivity index (χ0n) is 11.4. The Bertz CT molecular complexity index is 766. The van der Waals surface area contributed by atoms with Crippen LogP contribution in [0, 0.1) is 0 Å². The van der Waals surface area contributed by atoms with E-state index in [-0.39, 0.29) is 5.56 Å². The van der Waals surface area contributed by atoms with E-state index in [4.69, 9.17) is 0 Å². The molecule has 0 atom stereocenters. The molecule has 0 spiro atoms. The average molecular weight is 346 g/mol. The van der Waals surface area contributed by atoms with Crippen molar-refractivity contribution in [2.45, 2.75) is 30.0 Å². The molecule has 0 saturated heterocycles. The topological polar surface area (TPSA) is 34.1 Å². The van der Waals surface area contributed by atoms with Gasteiger partial charge >= 0.3 is 6.18 Å². The third-order valence-electron chi connectivity index (χ3n) is 3.93. The van der Waals surface area contributed by atoms with Crippen molar-refractivity contribution in [3.05, 3.63) is 57.3 Å². The Morgan fingerprint density at radius 2 is 1.68 bits per heavy atom. The fourth-order valence-corrected chi connectivity index (χ4v) is 5.54. The van der Waals surface area contributed by atoms with Gasteiger partial charge in [-0.15, -0.1) is 0 Å². The van der Waals surface area contributed by atoms with Crippen molar-refractivity contribution in [3.8, 4) is 0 Å². The van der Waals surface area contributed by atoms with Gasteiger partial charge in [-0.3, -0.25) is 0 Å². The quantitative estimate of drug-likeness (QED) is 0.846. The normalized spacial score (nSPS) is 16.0. The van der Waals surface area contributed by atoms with Gasteiger partial charge < -0.3 is 0 Å². The van der Waals surface area contributed by atoms with Gasteiger partial charge in [-0.05, 0) is 34.9 Å². The molecule has 3 rings (SSSR count). The van der Waals surface area contributed by atoms with Crippen LogP contribution >= 0.6 is 11.3 Å². The number of sulfone groups is 1. The highest BCUT2D eigenvalue weighted by molar-refractivity contribution is 7.91. The third-order valence-corrected chi connectivity index (χ3v) is 6.78. The third kappa shape index (κ3) is 2.92. The number of halogens is 3. The van der Waals surface area contributed by atoms with Gasteiger partial charge in [0, 0.05) is 5.38 Å². The summed E-state index contributed by atoms with van der Waals surface area (Å²) < 4.78 is 63.6. The summed E-state index contributed by atoms with van der Waals surface area (Å²) in [6, 6.07) is 7.43. The molecule has 0 amide bonds. The maximum atomic E-state index is 12.9. The molecule has 7 heteroatoms. The molecule has 0 saturated carbocycles. The number of thiophene rings is 1. The molecule has 0 radical (unpaired) electrons. The second-order valence-corrected chi connectivity index (χ2v) is 8.44. The Kier molecular flexibility index (Phi) is 3.81. The van der Waals surface area contributed by atoms with Gasteiger partial charge in [0.15, 0.2) is 9.84 Å². The van der Waals surface area contributed by atoms with E-state index in [1.54, 1.807) is 0 Å². The number of benzene rings is 1. The van der Waals surface area contributed by atoms with E-state index in [0.29, 0.717) is 12.8 Å². The van der Waals surface area contributed by atoms with Crippen molar-refractivity contribution >= 4 is 21.2 Å². The largest absolute Gasteiger partial charge is 0.417 e. The summed E-state index contributed by atoms with van der Waals surface area (Å²) in [5.41, 5.74) is 0.958. The summed E-state index contributed by atoms with van der Waals surface area (Å²) in [6.45, 7) is 0. The summed E-state index contributed by atoms with van der Waals surface area (Å²) in [4.78, 5) is 0. The average Bonchev–Trinajstić information content (AvgIpc) is 3.03. The van der Waals surface area contributed by atoms with Gasteiger partial charge in [-0.1, -0.05) is 24.3 Å². The highest BCUT2D eigenvalue weighted by Crippen LogP contribution is 2.36. The smallest absolute Gasteiger partial charge is 0.228 e. The number of fused-ring (bicyclic) bond motifs is 1. The van der Waals surface area contributed by atoms with Crippen LogP contribution in [-0.4, -0.2) is 13.7 Å². The summed E-state index contributed by atoms with van der Waals surface area (Å²) in [6.07, 6.45) is -3.75. The van der Waals surface area contributed by atoms with Crippen LogP contribution in [0.5, 0.6) is 0 Å². The predicted molar refractivity (Wildman–Crippen MR) is 79.6 cm³/mol. The Balaban J connectivity index is 1.83. The van der Waals surface area contributed by atoms with Crippen molar-refractivity contribution in [1.82, 2.24) is 0 Å². The van der Waals surface area contributed by atoms with E-state index in [1.807, 2.05) is 24.3 Å². The van der Waals surface area contributed by atoms with Crippen molar-refractivity contribution < 1.29 is 21.6 Å².